The van der Waals surface area contributed by atoms with E-state index in [-0.39, 0.29) is 5.69 Å². The minimum absolute atomic E-state index is 0.127. The third-order valence-corrected chi connectivity index (χ3v) is 5.42. The van der Waals surface area contributed by atoms with Gasteiger partial charge in [0.05, 0.1) is 11.2 Å². The van der Waals surface area contributed by atoms with Crippen LogP contribution in [-0.2, 0) is 11.2 Å². The quantitative estimate of drug-likeness (QED) is 0.353. The topological polar surface area (TPSA) is 54.4 Å². The summed E-state index contributed by atoms with van der Waals surface area (Å²) in [7, 11) is 0. The maximum absolute atomic E-state index is 12.5. The zero-order chi connectivity index (χ0) is 22.3. The number of amides is 1. The van der Waals surface area contributed by atoms with Gasteiger partial charge in [-0.2, -0.15) is 13.2 Å². The molecule has 1 N–H and O–H groups in total. The zero-order valence-corrected chi connectivity index (χ0v) is 16.6. The van der Waals surface area contributed by atoms with Crippen LogP contribution in [-0.4, -0.2) is 23.3 Å². The first kappa shape index (κ1) is 19.9. The van der Waals surface area contributed by atoms with Gasteiger partial charge in [-0.3, -0.25) is 14.8 Å². The van der Waals surface area contributed by atoms with E-state index in [1.165, 1.54) is 6.07 Å². The van der Waals surface area contributed by atoms with Crippen LogP contribution in [0.15, 0.2) is 77.9 Å². The molecule has 0 fully saturated rings. The van der Waals surface area contributed by atoms with Gasteiger partial charge < -0.3 is 5.32 Å². The number of carbonyl (C=O) groups is 1. The molecule has 1 aliphatic carbocycles. The summed E-state index contributed by atoms with van der Waals surface area (Å²) in [6, 6.07) is 20.4. The van der Waals surface area contributed by atoms with Gasteiger partial charge in [-0.05, 0) is 65.1 Å². The summed E-state index contributed by atoms with van der Waals surface area (Å²) in [5, 5.41) is 2.92. The molecule has 0 aliphatic heterocycles. The van der Waals surface area contributed by atoms with Gasteiger partial charge in [-0.1, -0.05) is 30.3 Å². The summed E-state index contributed by atoms with van der Waals surface area (Å²) in [5.41, 5.74) is 6.63. The van der Waals surface area contributed by atoms with Gasteiger partial charge in [0.1, 0.15) is 0 Å². The van der Waals surface area contributed by atoms with Crippen molar-refractivity contribution in [2.75, 3.05) is 5.32 Å². The second-order valence-electron chi connectivity index (χ2n) is 7.52. The molecule has 0 bridgehead atoms. The molecule has 0 atom stereocenters. The monoisotopic (exact) mass is 431 g/mol. The zero-order valence-electron chi connectivity index (χ0n) is 16.6. The van der Waals surface area contributed by atoms with Crippen LogP contribution in [0.1, 0.15) is 16.7 Å². The Bertz CT molecular complexity index is 1390. The summed E-state index contributed by atoms with van der Waals surface area (Å²) in [6.45, 7) is 0. The Labute approximate surface area is 181 Å². The maximum atomic E-state index is 12.5. The molecule has 1 aliphatic rings. The van der Waals surface area contributed by atoms with Crippen molar-refractivity contribution in [1.82, 2.24) is 4.98 Å². The van der Waals surface area contributed by atoms with Crippen molar-refractivity contribution >= 4 is 34.4 Å². The predicted octanol–water partition coefficient (Wildman–Crippen LogP) is 6.06. The van der Waals surface area contributed by atoms with E-state index in [2.05, 4.69) is 9.98 Å². The molecule has 5 rings (SSSR count). The molecular formula is C25H16F3N3O. The minimum Gasteiger partial charge on any atom is -0.318 e. The number of aliphatic imine (C=N–C) groups is 1. The summed E-state index contributed by atoms with van der Waals surface area (Å²) >= 11 is 0. The fourth-order valence-electron chi connectivity index (χ4n) is 3.93. The molecule has 1 heterocycles. The summed E-state index contributed by atoms with van der Waals surface area (Å²) in [4.78, 5) is 20.2. The van der Waals surface area contributed by atoms with Gasteiger partial charge in [0.2, 0.25) is 0 Å². The molecule has 0 saturated carbocycles. The number of aromatic nitrogens is 1. The largest absolute Gasteiger partial charge is 0.471 e. The molecule has 0 saturated heterocycles. The SMILES string of the molecule is O=C(Nc1ccc2c(c1)Cc1cc(N=Cc3ccnc4ccccc34)ccc1-2)C(F)(F)F. The van der Waals surface area contributed by atoms with Crippen LogP contribution in [0, 0.1) is 0 Å². The van der Waals surface area contributed by atoms with Crippen molar-refractivity contribution in [3.63, 3.8) is 0 Å². The van der Waals surface area contributed by atoms with Gasteiger partial charge in [0.15, 0.2) is 0 Å². The molecule has 158 valence electrons. The van der Waals surface area contributed by atoms with Crippen molar-refractivity contribution in [2.24, 2.45) is 4.99 Å². The van der Waals surface area contributed by atoms with E-state index in [9.17, 15) is 18.0 Å². The van der Waals surface area contributed by atoms with E-state index in [1.807, 2.05) is 53.8 Å². The number of para-hydroxylation sites is 1. The number of hydrogen-bond donors (Lipinski definition) is 1. The molecule has 4 aromatic rings. The fraction of sp³-hybridized carbons (Fsp3) is 0.0800. The third kappa shape index (κ3) is 3.73. The van der Waals surface area contributed by atoms with Crippen LogP contribution in [0.5, 0.6) is 0 Å². The molecule has 4 nitrogen and oxygen atoms in total. The summed E-state index contributed by atoms with van der Waals surface area (Å²) < 4.78 is 37.6. The number of pyridine rings is 1. The van der Waals surface area contributed by atoms with Crippen LogP contribution < -0.4 is 5.32 Å². The Morgan fingerprint density at radius 1 is 0.969 bits per heavy atom. The Morgan fingerprint density at radius 3 is 2.53 bits per heavy atom. The van der Waals surface area contributed by atoms with Crippen LogP contribution in [0.2, 0.25) is 0 Å². The number of nitrogens with one attached hydrogen (secondary N) is 1. The van der Waals surface area contributed by atoms with Crippen molar-refractivity contribution in [3.05, 3.63) is 89.6 Å². The number of halogens is 3. The molecular weight excluding hydrogens is 415 g/mol. The molecule has 7 heteroatoms. The number of hydrogen-bond acceptors (Lipinski definition) is 3. The van der Waals surface area contributed by atoms with Gasteiger partial charge in [-0.15, -0.1) is 0 Å². The number of benzene rings is 3. The number of nitrogens with zero attached hydrogens (tertiary/aromatic N) is 2. The van der Waals surface area contributed by atoms with Crippen molar-refractivity contribution in [3.8, 4) is 11.1 Å². The van der Waals surface area contributed by atoms with Gasteiger partial charge >= 0.3 is 12.1 Å². The first-order chi connectivity index (χ1) is 15.4. The summed E-state index contributed by atoms with van der Waals surface area (Å²) in [5.74, 6) is -1.98. The van der Waals surface area contributed by atoms with E-state index in [1.54, 1.807) is 24.5 Å². The highest BCUT2D eigenvalue weighted by atomic mass is 19.4. The van der Waals surface area contributed by atoms with E-state index < -0.39 is 12.1 Å². The van der Waals surface area contributed by atoms with Crippen LogP contribution in [0.25, 0.3) is 22.0 Å². The lowest BCUT2D eigenvalue weighted by Gasteiger charge is -2.09. The van der Waals surface area contributed by atoms with Gasteiger partial charge in [0.25, 0.3) is 0 Å². The molecule has 0 spiro atoms. The van der Waals surface area contributed by atoms with Crippen molar-refractivity contribution in [1.29, 1.82) is 0 Å². The number of rotatable bonds is 3. The van der Waals surface area contributed by atoms with Gasteiger partial charge in [0, 0.05) is 29.0 Å². The van der Waals surface area contributed by atoms with Crippen LogP contribution in [0.3, 0.4) is 0 Å². The Balaban J connectivity index is 1.39. The lowest BCUT2D eigenvalue weighted by molar-refractivity contribution is -0.167. The average Bonchev–Trinajstić information content (AvgIpc) is 3.14. The molecule has 3 aromatic carbocycles. The lowest BCUT2D eigenvalue weighted by Crippen LogP contribution is -2.29. The van der Waals surface area contributed by atoms with Crippen LogP contribution >= 0.6 is 0 Å². The fourth-order valence-corrected chi connectivity index (χ4v) is 3.93. The molecule has 32 heavy (non-hydrogen) atoms. The normalized spacial score (nSPS) is 12.7. The predicted molar refractivity (Wildman–Crippen MR) is 118 cm³/mol. The molecule has 0 radical (unpaired) electrons. The van der Waals surface area contributed by atoms with E-state index >= 15 is 0 Å². The first-order valence-electron chi connectivity index (χ1n) is 9.91. The molecule has 1 aromatic heterocycles. The lowest BCUT2D eigenvalue weighted by atomic mass is 10.0. The van der Waals surface area contributed by atoms with E-state index in [0.29, 0.717) is 6.42 Å². The maximum Gasteiger partial charge on any atom is 0.471 e. The molecule has 1 amide bonds. The highest BCUT2D eigenvalue weighted by Crippen LogP contribution is 2.39. The van der Waals surface area contributed by atoms with E-state index in [0.717, 1.165) is 44.4 Å². The minimum atomic E-state index is -4.92. The number of anilines is 1. The van der Waals surface area contributed by atoms with Gasteiger partial charge in [-0.25, -0.2) is 0 Å². The Hall–Kier alpha value is -4.00. The van der Waals surface area contributed by atoms with E-state index in [4.69, 9.17) is 0 Å². The second-order valence-corrected chi connectivity index (χ2v) is 7.52. The van der Waals surface area contributed by atoms with Crippen molar-refractivity contribution < 1.29 is 18.0 Å². The van der Waals surface area contributed by atoms with Crippen LogP contribution in [0.4, 0.5) is 24.5 Å². The first-order valence-corrected chi connectivity index (χ1v) is 9.91. The number of carbonyl (C=O) groups excluding carboxylic acids is 1. The number of fused-ring (bicyclic) bond motifs is 4. The second kappa shape index (κ2) is 7.60. The summed E-state index contributed by atoms with van der Waals surface area (Å²) in [6.07, 6.45) is -0.812. The smallest absolute Gasteiger partial charge is 0.318 e. The highest BCUT2D eigenvalue weighted by Gasteiger charge is 2.38. The van der Waals surface area contributed by atoms with Crippen molar-refractivity contribution in [2.45, 2.75) is 12.6 Å². The Morgan fingerprint density at radius 2 is 1.72 bits per heavy atom. The highest BCUT2D eigenvalue weighted by molar-refractivity contribution is 5.99. The molecule has 0 unspecified atom stereocenters. The average molecular weight is 431 g/mol. The standard InChI is InChI=1S/C25H16F3N3O/c26-25(27,28)24(32)31-19-6-8-21-17(13-19)11-16-12-18(5-7-20(16)21)30-14-15-9-10-29-23-4-2-1-3-22(15)23/h1-10,12-14H,11H2,(H,31,32). The Kier molecular flexibility index (Phi) is 4.74. The third-order valence-electron chi connectivity index (χ3n) is 5.42. The number of alkyl halides is 3.